The highest BCUT2D eigenvalue weighted by Gasteiger charge is 2.20. The molecule has 2 N–H and O–H groups in total. The molecule has 104 valence electrons. The van der Waals surface area contributed by atoms with Gasteiger partial charge in [-0.05, 0) is 53.2 Å². The molecule has 0 fully saturated rings. The number of anilines is 2. The lowest BCUT2D eigenvalue weighted by Crippen LogP contribution is -2.31. The fourth-order valence-corrected chi connectivity index (χ4v) is 3.18. The third-order valence-corrected chi connectivity index (χ3v) is 4.10. The second-order valence-corrected chi connectivity index (χ2v) is 6.00. The van der Waals surface area contributed by atoms with E-state index in [0.29, 0.717) is 17.8 Å². The molecular weight excluding hydrogens is 384 g/mol. The van der Waals surface area contributed by atoms with E-state index < -0.39 is 0 Å². The third-order valence-electron chi connectivity index (χ3n) is 2.95. The van der Waals surface area contributed by atoms with Crippen molar-refractivity contribution in [3.63, 3.8) is 0 Å². The molecule has 2 aromatic rings. The molecular formula is C15H14Br2N2O. The van der Waals surface area contributed by atoms with Crippen molar-refractivity contribution >= 4 is 49.1 Å². The van der Waals surface area contributed by atoms with Crippen molar-refractivity contribution in [1.82, 2.24) is 0 Å². The van der Waals surface area contributed by atoms with Crippen LogP contribution in [0.1, 0.15) is 17.3 Å². The molecule has 0 aliphatic rings. The molecule has 0 heterocycles. The number of nitrogen functional groups attached to an aromatic ring is 1. The van der Waals surface area contributed by atoms with Crippen LogP contribution in [0, 0.1) is 0 Å². The average molecular weight is 398 g/mol. The van der Waals surface area contributed by atoms with Crippen molar-refractivity contribution in [2.24, 2.45) is 0 Å². The summed E-state index contributed by atoms with van der Waals surface area (Å²) in [5.74, 6) is -0.0789. The molecule has 0 spiro atoms. The number of para-hydroxylation sites is 2. The van der Waals surface area contributed by atoms with Crippen LogP contribution in [0.2, 0.25) is 0 Å². The molecule has 2 rings (SSSR count). The van der Waals surface area contributed by atoms with E-state index in [2.05, 4.69) is 31.9 Å². The molecule has 5 heteroatoms. The van der Waals surface area contributed by atoms with Crippen LogP contribution in [0.5, 0.6) is 0 Å². The summed E-state index contributed by atoms with van der Waals surface area (Å²) in [5, 5.41) is 0. The predicted octanol–water partition coefficient (Wildman–Crippen LogP) is 4.46. The van der Waals surface area contributed by atoms with Gasteiger partial charge in [-0.1, -0.05) is 28.1 Å². The van der Waals surface area contributed by atoms with Crippen molar-refractivity contribution in [1.29, 1.82) is 0 Å². The van der Waals surface area contributed by atoms with Crippen molar-refractivity contribution in [2.75, 3.05) is 17.2 Å². The van der Waals surface area contributed by atoms with Gasteiger partial charge in [0.15, 0.2) is 0 Å². The van der Waals surface area contributed by atoms with E-state index >= 15 is 0 Å². The first-order valence-corrected chi connectivity index (χ1v) is 7.74. The normalized spacial score (nSPS) is 10.3. The Hall–Kier alpha value is -1.33. The minimum absolute atomic E-state index is 0.0789. The summed E-state index contributed by atoms with van der Waals surface area (Å²) in [5.41, 5.74) is 7.90. The molecule has 0 saturated carbocycles. The molecule has 0 radical (unpaired) electrons. The molecule has 0 atom stereocenters. The van der Waals surface area contributed by atoms with Gasteiger partial charge in [0.05, 0.1) is 16.9 Å². The van der Waals surface area contributed by atoms with Crippen LogP contribution in [0.15, 0.2) is 51.4 Å². The molecule has 1 amide bonds. The van der Waals surface area contributed by atoms with E-state index in [4.69, 9.17) is 5.73 Å². The maximum atomic E-state index is 12.7. The van der Waals surface area contributed by atoms with Crippen LogP contribution in [0.3, 0.4) is 0 Å². The Morgan fingerprint density at radius 1 is 1.20 bits per heavy atom. The number of hydrogen-bond donors (Lipinski definition) is 1. The zero-order valence-electron chi connectivity index (χ0n) is 10.9. The van der Waals surface area contributed by atoms with Gasteiger partial charge in [0, 0.05) is 15.5 Å². The zero-order chi connectivity index (χ0) is 14.7. The van der Waals surface area contributed by atoms with Crippen molar-refractivity contribution in [3.05, 3.63) is 57.0 Å². The lowest BCUT2D eigenvalue weighted by molar-refractivity contribution is 0.0987. The molecule has 0 saturated heterocycles. The highest BCUT2D eigenvalue weighted by Crippen LogP contribution is 2.28. The fraction of sp³-hybridized carbons (Fsp3) is 0.133. The van der Waals surface area contributed by atoms with E-state index in [-0.39, 0.29) is 5.91 Å². The van der Waals surface area contributed by atoms with E-state index in [1.54, 1.807) is 17.0 Å². The van der Waals surface area contributed by atoms with Crippen molar-refractivity contribution < 1.29 is 4.79 Å². The largest absolute Gasteiger partial charge is 0.397 e. The third kappa shape index (κ3) is 3.04. The number of benzene rings is 2. The second kappa shape index (κ2) is 6.41. The molecule has 0 aliphatic heterocycles. The number of rotatable bonds is 3. The first-order valence-electron chi connectivity index (χ1n) is 6.16. The first-order chi connectivity index (χ1) is 9.54. The maximum Gasteiger partial charge on any atom is 0.259 e. The van der Waals surface area contributed by atoms with Gasteiger partial charge in [0.2, 0.25) is 0 Å². The highest BCUT2D eigenvalue weighted by atomic mass is 79.9. The number of hydrogen-bond acceptors (Lipinski definition) is 2. The number of carbonyl (C=O) groups is 1. The number of carbonyl (C=O) groups excluding carboxylic acids is 1. The highest BCUT2D eigenvalue weighted by molar-refractivity contribution is 9.11. The Morgan fingerprint density at radius 3 is 2.50 bits per heavy atom. The van der Waals surface area contributed by atoms with Crippen molar-refractivity contribution in [2.45, 2.75) is 6.92 Å². The molecule has 0 bridgehead atoms. The Balaban J connectivity index is 2.42. The summed E-state index contributed by atoms with van der Waals surface area (Å²) in [6.07, 6.45) is 0. The SMILES string of the molecule is CCN(C(=O)c1ccc(Br)cc1Br)c1ccccc1N. The molecule has 3 nitrogen and oxygen atoms in total. The predicted molar refractivity (Wildman–Crippen MR) is 90.0 cm³/mol. The lowest BCUT2D eigenvalue weighted by atomic mass is 10.1. The quantitative estimate of drug-likeness (QED) is 0.777. The average Bonchev–Trinajstić information content (AvgIpc) is 2.41. The van der Waals surface area contributed by atoms with Gasteiger partial charge in [-0.3, -0.25) is 4.79 Å². The number of nitrogens with zero attached hydrogens (tertiary/aromatic N) is 1. The summed E-state index contributed by atoms with van der Waals surface area (Å²) in [4.78, 5) is 14.4. The zero-order valence-corrected chi connectivity index (χ0v) is 14.1. The number of amides is 1. The van der Waals surface area contributed by atoms with Gasteiger partial charge < -0.3 is 10.6 Å². The van der Waals surface area contributed by atoms with Crippen LogP contribution in [0.4, 0.5) is 11.4 Å². The summed E-state index contributed by atoms with van der Waals surface area (Å²) in [7, 11) is 0. The van der Waals surface area contributed by atoms with Crippen LogP contribution >= 0.6 is 31.9 Å². The van der Waals surface area contributed by atoms with Gasteiger partial charge in [-0.15, -0.1) is 0 Å². The van der Waals surface area contributed by atoms with Crippen LogP contribution in [-0.4, -0.2) is 12.5 Å². The number of nitrogens with two attached hydrogens (primary N) is 1. The summed E-state index contributed by atoms with van der Waals surface area (Å²) in [6, 6.07) is 12.9. The Bertz CT molecular complexity index is 644. The topological polar surface area (TPSA) is 46.3 Å². The molecule has 2 aromatic carbocycles. The van der Waals surface area contributed by atoms with E-state index in [1.165, 1.54) is 0 Å². The Labute approximate surface area is 135 Å². The maximum absolute atomic E-state index is 12.7. The molecule has 0 aliphatic carbocycles. The van der Waals surface area contributed by atoms with Crippen LogP contribution < -0.4 is 10.6 Å². The second-order valence-electron chi connectivity index (χ2n) is 4.23. The van der Waals surface area contributed by atoms with E-state index in [9.17, 15) is 4.79 Å². The summed E-state index contributed by atoms with van der Waals surface area (Å²) in [6.45, 7) is 2.48. The molecule has 0 aromatic heterocycles. The van der Waals surface area contributed by atoms with E-state index in [1.807, 2.05) is 37.3 Å². The minimum atomic E-state index is -0.0789. The summed E-state index contributed by atoms with van der Waals surface area (Å²) < 4.78 is 1.67. The van der Waals surface area contributed by atoms with Crippen molar-refractivity contribution in [3.8, 4) is 0 Å². The van der Waals surface area contributed by atoms with Gasteiger partial charge in [-0.25, -0.2) is 0 Å². The molecule has 20 heavy (non-hydrogen) atoms. The fourth-order valence-electron chi connectivity index (χ4n) is 1.97. The Kier molecular flexibility index (Phi) is 4.83. The van der Waals surface area contributed by atoms with Gasteiger partial charge in [-0.2, -0.15) is 0 Å². The minimum Gasteiger partial charge on any atom is -0.397 e. The monoisotopic (exact) mass is 396 g/mol. The Morgan fingerprint density at radius 2 is 1.90 bits per heavy atom. The van der Waals surface area contributed by atoms with Gasteiger partial charge >= 0.3 is 0 Å². The van der Waals surface area contributed by atoms with Gasteiger partial charge in [0.25, 0.3) is 5.91 Å². The van der Waals surface area contributed by atoms with Crippen LogP contribution in [-0.2, 0) is 0 Å². The lowest BCUT2D eigenvalue weighted by Gasteiger charge is -2.23. The smallest absolute Gasteiger partial charge is 0.259 e. The molecule has 0 unspecified atom stereocenters. The van der Waals surface area contributed by atoms with E-state index in [0.717, 1.165) is 14.6 Å². The standard InChI is InChI=1S/C15H14Br2N2O/c1-2-19(14-6-4-3-5-13(14)18)15(20)11-8-7-10(16)9-12(11)17/h3-9H,2,18H2,1H3. The van der Waals surface area contributed by atoms with Gasteiger partial charge in [0.1, 0.15) is 0 Å². The van der Waals surface area contributed by atoms with Crippen LogP contribution in [0.25, 0.3) is 0 Å². The first kappa shape index (κ1) is 15.1. The summed E-state index contributed by atoms with van der Waals surface area (Å²) >= 11 is 6.81. The number of halogens is 2.